The zero-order chi connectivity index (χ0) is 13.1. The Labute approximate surface area is 119 Å². The molecule has 2 nitrogen and oxygen atoms in total. The van der Waals surface area contributed by atoms with E-state index in [1.165, 1.54) is 83.8 Å². The average Bonchev–Trinajstić information content (AvgIpc) is 2.39. The van der Waals surface area contributed by atoms with Gasteiger partial charge < -0.3 is 5.32 Å². The molecule has 0 radical (unpaired) electrons. The third kappa shape index (κ3) is 3.00. The summed E-state index contributed by atoms with van der Waals surface area (Å²) >= 11 is 0. The van der Waals surface area contributed by atoms with E-state index in [1.54, 1.807) is 0 Å². The Kier molecular flexibility index (Phi) is 4.48. The second-order valence-electron chi connectivity index (χ2n) is 7.35. The van der Waals surface area contributed by atoms with Crippen molar-refractivity contribution in [2.75, 3.05) is 19.6 Å². The van der Waals surface area contributed by atoms with Gasteiger partial charge in [-0.1, -0.05) is 39.0 Å². The van der Waals surface area contributed by atoms with E-state index >= 15 is 0 Å². The third-order valence-electron chi connectivity index (χ3n) is 5.96. The Hall–Kier alpha value is -0.0800. The van der Waals surface area contributed by atoms with E-state index in [-0.39, 0.29) is 0 Å². The van der Waals surface area contributed by atoms with Crippen molar-refractivity contribution < 1.29 is 0 Å². The van der Waals surface area contributed by atoms with E-state index < -0.39 is 0 Å². The smallest absolute Gasteiger partial charge is 0.0334 e. The summed E-state index contributed by atoms with van der Waals surface area (Å²) in [5.74, 6) is 1.03. The molecule has 3 aliphatic rings. The molecule has 0 amide bonds. The van der Waals surface area contributed by atoms with Crippen LogP contribution in [0.5, 0.6) is 0 Å². The van der Waals surface area contributed by atoms with Crippen LogP contribution in [0.3, 0.4) is 0 Å². The van der Waals surface area contributed by atoms with E-state index in [9.17, 15) is 0 Å². The molecule has 3 rings (SSSR count). The second-order valence-corrected chi connectivity index (χ2v) is 7.35. The van der Waals surface area contributed by atoms with Gasteiger partial charge in [0.15, 0.2) is 0 Å². The molecule has 2 saturated carbocycles. The highest BCUT2D eigenvalue weighted by atomic mass is 15.3. The first kappa shape index (κ1) is 13.9. The summed E-state index contributed by atoms with van der Waals surface area (Å²) in [6, 6.07) is 0.762. The molecule has 1 atom stereocenters. The molecule has 1 spiro atoms. The Morgan fingerprint density at radius 3 is 2.53 bits per heavy atom. The van der Waals surface area contributed by atoms with Crippen molar-refractivity contribution in [3.8, 4) is 0 Å². The van der Waals surface area contributed by atoms with Gasteiger partial charge in [-0.05, 0) is 38.0 Å². The maximum absolute atomic E-state index is 3.88. The van der Waals surface area contributed by atoms with Crippen molar-refractivity contribution in [2.24, 2.45) is 5.92 Å². The van der Waals surface area contributed by atoms with Crippen LogP contribution in [-0.2, 0) is 0 Å². The molecule has 1 saturated heterocycles. The minimum Gasteiger partial charge on any atom is -0.311 e. The van der Waals surface area contributed by atoms with Gasteiger partial charge in [0.1, 0.15) is 0 Å². The summed E-state index contributed by atoms with van der Waals surface area (Å²) in [5.41, 5.74) is 0.540. The van der Waals surface area contributed by atoms with Crippen LogP contribution in [-0.4, -0.2) is 36.1 Å². The lowest BCUT2D eigenvalue weighted by Crippen LogP contribution is -2.66. The van der Waals surface area contributed by atoms with Crippen LogP contribution < -0.4 is 5.32 Å². The van der Waals surface area contributed by atoms with E-state index in [0.717, 1.165) is 12.0 Å². The molecule has 2 heteroatoms. The molecule has 0 bridgehead atoms. The SMILES string of the molecule is CCCC1CN(CC2CCC2)C2(CCCCC2)CN1. The van der Waals surface area contributed by atoms with E-state index in [1.807, 2.05) is 0 Å². The topological polar surface area (TPSA) is 15.3 Å². The third-order valence-corrected chi connectivity index (χ3v) is 5.96. The largest absolute Gasteiger partial charge is 0.311 e. The van der Waals surface area contributed by atoms with Gasteiger partial charge in [-0.2, -0.15) is 0 Å². The summed E-state index contributed by atoms with van der Waals surface area (Å²) in [6.07, 6.45) is 14.5. The number of hydrogen-bond donors (Lipinski definition) is 1. The fraction of sp³-hybridized carbons (Fsp3) is 1.00. The molecular weight excluding hydrogens is 232 g/mol. The van der Waals surface area contributed by atoms with Crippen LogP contribution in [0.15, 0.2) is 0 Å². The molecule has 1 heterocycles. The van der Waals surface area contributed by atoms with Crippen LogP contribution in [0.2, 0.25) is 0 Å². The fourth-order valence-electron chi connectivity index (χ4n) is 4.47. The molecule has 0 aromatic heterocycles. The molecule has 2 aliphatic carbocycles. The zero-order valence-electron chi connectivity index (χ0n) is 12.8. The van der Waals surface area contributed by atoms with Gasteiger partial charge in [-0.3, -0.25) is 4.90 Å². The monoisotopic (exact) mass is 264 g/mol. The molecule has 19 heavy (non-hydrogen) atoms. The van der Waals surface area contributed by atoms with Crippen LogP contribution in [0.25, 0.3) is 0 Å². The highest BCUT2D eigenvalue weighted by Crippen LogP contribution is 2.38. The standard InChI is InChI=1S/C17H32N2/c1-2-7-16-13-19(12-15-8-6-9-15)17(14-18-16)10-4-3-5-11-17/h15-16,18H,2-14H2,1H3. The van der Waals surface area contributed by atoms with Crippen molar-refractivity contribution in [3.05, 3.63) is 0 Å². The quantitative estimate of drug-likeness (QED) is 0.835. The van der Waals surface area contributed by atoms with Gasteiger partial charge in [0.05, 0.1) is 0 Å². The van der Waals surface area contributed by atoms with Crippen LogP contribution >= 0.6 is 0 Å². The van der Waals surface area contributed by atoms with E-state index in [4.69, 9.17) is 0 Å². The first-order chi connectivity index (χ1) is 9.32. The predicted octanol–water partition coefficient (Wildman–Crippen LogP) is 3.56. The molecule has 0 aromatic carbocycles. The molecule has 1 aliphatic heterocycles. The lowest BCUT2D eigenvalue weighted by atomic mass is 9.76. The maximum Gasteiger partial charge on any atom is 0.0334 e. The fourth-order valence-corrected chi connectivity index (χ4v) is 4.47. The lowest BCUT2D eigenvalue weighted by Gasteiger charge is -2.53. The number of piperazine rings is 1. The summed E-state index contributed by atoms with van der Waals surface area (Å²) in [6.45, 7) is 6.32. The Balaban J connectivity index is 1.66. The molecule has 0 aromatic rings. The molecule has 3 fully saturated rings. The number of nitrogens with one attached hydrogen (secondary N) is 1. The zero-order valence-corrected chi connectivity index (χ0v) is 12.8. The first-order valence-corrected chi connectivity index (χ1v) is 8.81. The molecule has 1 unspecified atom stereocenters. The normalized spacial score (nSPS) is 32.4. The van der Waals surface area contributed by atoms with Crippen molar-refractivity contribution in [3.63, 3.8) is 0 Å². The number of rotatable bonds is 4. The number of hydrogen-bond acceptors (Lipinski definition) is 2. The van der Waals surface area contributed by atoms with Crippen LogP contribution in [0.4, 0.5) is 0 Å². The van der Waals surface area contributed by atoms with Gasteiger partial charge in [0, 0.05) is 31.2 Å². The summed E-state index contributed by atoms with van der Waals surface area (Å²) in [5, 5.41) is 3.88. The minimum atomic E-state index is 0.540. The van der Waals surface area contributed by atoms with E-state index in [2.05, 4.69) is 17.1 Å². The Morgan fingerprint density at radius 2 is 1.89 bits per heavy atom. The van der Waals surface area contributed by atoms with Crippen molar-refractivity contribution in [1.29, 1.82) is 0 Å². The van der Waals surface area contributed by atoms with Crippen molar-refractivity contribution in [1.82, 2.24) is 10.2 Å². The van der Waals surface area contributed by atoms with Gasteiger partial charge >= 0.3 is 0 Å². The van der Waals surface area contributed by atoms with Crippen molar-refractivity contribution in [2.45, 2.75) is 82.7 Å². The maximum atomic E-state index is 3.88. The lowest BCUT2D eigenvalue weighted by molar-refractivity contribution is -0.0112. The summed E-state index contributed by atoms with van der Waals surface area (Å²) in [4.78, 5) is 2.94. The Bertz CT molecular complexity index is 279. The average molecular weight is 264 g/mol. The van der Waals surface area contributed by atoms with Crippen molar-refractivity contribution >= 4 is 0 Å². The number of nitrogens with zero attached hydrogens (tertiary/aromatic N) is 1. The first-order valence-electron chi connectivity index (χ1n) is 8.81. The predicted molar refractivity (Wildman–Crippen MR) is 81.4 cm³/mol. The molecule has 110 valence electrons. The summed E-state index contributed by atoms with van der Waals surface area (Å²) < 4.78 is 0. The Morgan fingerprint density at radius 1 is 1.11 bits per heavy atom. The summed E-state index contributed by atoms with van der Waals surface area (Å²) in [7, 11) is 0. The highest BCUT2D eigenvalue weighted by molar-refractivity contribution is 5.01. The van der Waals surface area contributed by atoms with Gasteiger partial charge in [0.25, 0.3) is 0 Å². The highest BCUT2D eigenvalue weighted by Gasteiger charge is 2.42. The van der Waals surface area contributed by atoms with Crippen LogP contribution in [0.1, 0.15) is 71.1 Å². The molecular formula is C17H32N2. The van der Waals surface area contributed by atoms with Crippen LogP contribution in [0, 0.1) is 5.92 Å². The van der Waals surface area contributed by atoms with Gasteiger partial charge in [-0.15, -0.1) is 0 Å². The molecule has 1 N–H and O–H groups in total. The minimum absolute atomic E-state index is 0.540. The van der Waals surface area contributed by atoms with Gasteiger partial charge in [-0.25, -0.2) is 0 Å². The van der Waals surface area contributed by atoms with E-state index in [0.29, 0.717) is 5.54 Å². The van der Waals surface area contributed by atoms with Gasteiger partial charge in [0.2, 0.25) is 0 Å². The second kappa shape index (κ2) is 6.13.